The van der Waals surface area contributed by atoms with E-state index in [4.69, 9.17) is 9.98 Å². The minimum absolute atomic E-state index is 0.0106. The highest BCUT2D eigenvalue weighted by molar-refractivity contribution is 6.24. The minimum atomic E-state index is 0.0106. The Morgan fingerprint density at radius 1 is 1.21 bits per heavy atom. The van der Waals surface area contributed by atoms with Crippen LogP contribution in [0.4, 0.5) is 0 Å². The lowest BCUT2D eigenvalue weighted by atomic mass is 9.93. The van der Waals surface area contributed by atoms with Crippen LogP contribution in [-0.2, 0) is 6.42 Å². The molecular weight excluding hydrogens is 346 g/mol. The van der Waals surface area contributed by atoms with Gasteiger partial charge in [0.1, 0.15) is 5.70 Å². The molecule has 0 spiro atoms. The molecule has 0 atom stereocenters. The highest BCUT2D eigenvalue weighted by atomic mass is 16.1. The van der Waals surface area contributed by atoms with Crippen molar-refractivity contribution in [2.75, 3.05) is 14.1 Å². The summed E-state index contributed by atoms with van der Waals surface area (Å²) in [5.41, 5.74) is 4.79. The predicted octanol–water partition coefficient (Wildman–Crippen LogP) is 4.91. The Morgan fingerprint density at radius 3 is 2.71 bits per heavy atom. The second kappa shape index (κ2) is 8.79. The molecule has 1 heterocycles. The third-order valence-electron chi connectivity index (χ3n) is 4.71. The number of fused-ring (bicyclic) bond motifs is 2. The molecule has 0 saturated carbocycles. The first-order chi connectivity index (χ1) is 13.6. The average molecular weight is 374 g/mol. The summed E-state index contributed by atoms with van der Waals surface area (Å²) in [4.78, 5) is 24.9. The summed E-state index contributed by atoms with van der Waals surface area (Å²) in [5.74, 6) is 0.647. The van der Waals surface area contributed by atoms with E-state index in [1.807, 2.05) is 74.5 Å². The summed E-state index contributed by atoms with van der Waals surface area (Å²) in [7, 11) is 3.84. The molecule has 4 heteroatoms. The third kappa shape index (κ3) is 3.96. The molecule has 0 aromatic heterocycles. The zero-order chi connectivity index (χ0) is 20.1. The van der Waals surface area contributed by atoms with Crippen molar-refractivity contribution in [3.8, 4) is 0 Å². The van der Waals surface area contributed by atoms with Crippen molar-refractivity contribution in [3.05, 3.63) is 82.6 Å². The molecule has 3 rings (SSSR count). The maximum Gasteiger partial charge on any atom is 0.225 e. The lowest BCUT2D eigenvalue weighted by Crippen LogP contribution is -2.18. The number of nitrogens with zero attached hydrogens (tertiary/aromatic N) is 3. The molecule has 0 saturated heterocycles. The number of rotatable bonds is 5. The summed E-state index contributed by atoms with van der Waals surface area (Å²) in [5, 5.41) is 0. The Hall–Kier alpha value is -3.01. The number of ketones is 1. The number of allylic oxidation sites excluding steroid dienone is 8. The van der Waals surface area contributed by atoms with Crippen LogP contribution in [0, 0.1) is 0 Å². The van der Waals surface area contributed by atoms with E-state index >= 15 is 0 Å². The average Bonchev–Trinajstić information content (AvgIpc) is 3.05. The van der Waals surface area contributed by atoms with Crippen LogP contribution in [0.5, 0.6) is 0 Å². The number of carbonyl (C=O) groups excluding carboxylic acids is 1. The summed E-state index contributed by atoms with van der Waals surface area (Å²) in [6, 6.07) is 7.79. The minimum Gasteiger partial charge on any atom is -0.347 e. The number of Topliss-reactive ketones (excluding diaryl/α,β-unsaturated/α-hetero) is 1. The van der Waals surface area contributed by atoms with Crippen LogP contribution in [0.25, 0.3) is 0 Å². The van der Waals surface area contributed by atoms with Gasteiger partial charge in [-0.25, -0.2) is 9.98 Å². The van der Waals surface area contributed by atoms with Crippen molar-refractivity contribution in [2.24, 2.45) is 9.98 Å². The molecule has 0 unspecified atom stereocenters. The number of benzene rings is 1. The smallest absolute Gasteiger partial charge is 0.225 e. The van der Waals surface area contributed by atoms with E-state index in [0.29, 0.717) is 23.7 Å². The van der Waals surface area contributed by atoms with Crippen LogP contribution >= 0.6 is 0 Å². The van der Waals surface area contributed by atoms with Gasteiger partial charge in [0.15, 0.2) is 5.78 Å². The monoisotopic (exact) mass is 373 g/mol. The van der Waals surface area contributed by atoms with E-state index in [1.165, 1.54) is 0 Å². The number of aliphatic imine (C=N–C) groups is 2. The highest BCUT2D eigenvalue weighted by Gasteiger charge is 2.32. The molecule has 1 aromatic rings. The molecule has 0 N–H and O–H groups in total. The van der Waals surface area contributed by atoms with Gasteiger partial charge in [-0.3, -0.25) is 4.79 Å². The second-order valence-corrected chi connectivity index (χ2v) is 7.09. The van der Waals surface area contributed by atoms with Gasteiger partial charge in [-0.05, 0) is 24.5 Å². The number of hydrogen-bond donors (Lipinski definition) is 0. The van der Waals surface area contributed by atoms with E-state index in [2.05, 4.69) is 13.0 Å². The van der Waals surface area contributed by atoms with Crippen LogP contribution in [0.1, 0.15) is 42.6 Å². The van der Waals surface area contributed by atoms with Crippen molar-refractivity contribution in [1.29, 1.82) is 0 Å². The van der Waals surface area contributed by atoms with Crippen molar-refractivity contribution in [2.45, 2.75) is 33.1 Å². The topological polar surface area (TPSA) is 45.0 Å². The van der Waals surface area contributed by atoms with Gasteiger partial charge in [-0.2, -0.15) is 0 Å². The molecule has 0 bridgehead atoms. The molecule has 4 nitrogen and oxygen atoms in total. The lowest BCUT2D eigenvalue weighted by Gasteiger charge is -2.10. The third-order valence-corrected chi connectivity index (χ3v) is 4.71. The zero-order valence-electron chi connectivity index (χ0n) is 17.1. The van der Waals surface area contributed by atoms with Crippen molar-refractivity contribution in [3.63, 3.8) is 0 Å². The molecule has 1 aliphatic heterocycles. The van der Waals surface area contributed by atoms with Gasteiger partial charge in [0.25, 0.3) is 0 Å². The molecule has 28 heavy (non-hydrogen) atoms. The van der Waals surface area contributed by atoms with Gasteiger partial charge < -0.3 is 4.90 Å². The van der Waals surface area contributed by atoms with E-state index in [1.54, 1.807) is 0 Å². The molecule has 0 fully saturated rings. The molecule has 144 valence electrons. The summed E-state index contributed by atoms with van der Waals surface area (Å²) >= 11 is 0. The molecule has 1 aliphatic carbocycles. The van der Waals surface area contributed by atoms with Gasteiger partial charge in [-0.15, -0.1) is 0 Å². The molecule has 0 radical (unpaired) electrons. The Balaban J connectivity index is 2.24. The Kier molecular flexibility index (Phi) is 6.19. The van der Waals surface area contributed by atoms with Gasteiger partial charge in [0.2, 0.25) is 5.96 Å². The van der Waals surface area contributed by atoms with Crippen molar-refractivity contribution < 1.29 is 4.79 Å². The Bertz CT molecular complexity index is 956. The summed E-state index contributed by atoms with van der Waals surface area (Å²) in [6.07, 6.45) is 12.7. The number of unbranched alkanes of at least 4 members (excludes halogenated alkanes) is 1. The van der Waals surface area contributed by atoms with E-state index < -0.39 is 0 Å². The van der Waals surface area contributed by atoms with Crippen LogP contribution in [0.3, 0.4) is 0 Å². The van der Waals surface area contributed by atoms with E-state index in [-0.39, 0.29) is 5.78 Å². The largest absolute Gasteiger partial charge is 0.347 e. The lowest BCUT2D eigenvalue weighted by molar-refractivity contribution is 0.103. The predicted molar refractivity (Wildman–Crippen MR) is 117 cm³/mol. The normalized spacial score (nSPS) is 17.0. The van der Waals surface area contributed by atoms with Gasteiger partial charge in [0, 0.05) is 26.1 Å². The maximum atomic E-state index is 13.6. The second-order valence-electron chi connectivity index (χ2n) is 7.09. The Morgan fingerprint density at radius 2 is 2.00 bits per heavy atom. The van der Waals surface area contributed by atoms with Crippen LogP contribution in [0.2, 0.25) is 0 Å². The quantitative estimate of drug-likeness (QED) is 0.688. The first kappa shape index (κ1) is 19.7. The van der Waals surface area contributed by atoms with Gasteiger partial charge >= 0.3 is 0 Å². The fourth-order valence-electron chi connectivity index (χ4n) is 3.27. The molecular formula is C24H27N3O. The van der Waals surface area contributed by atoms with Gasteiger partial charge in [0.05, 0.1) is 11.3 Å². The fraction of sp³-hybridized carbons (Fsp3) is 0.292. The maximum absolute atomic E-state index is 13.6. The Labute approximate surface area is 167 Å². The van der Waals surface area contributed by atoms with E-state index in [0.717, 1.165) is 35.3 Å². The van der Waals surface area contributed by atoms with E-state index in [9.17, 15) is 4.79 Å². The van der Waals surface area contributed by atoms with Crippen molar-refractivity contribution >= 4 is 17.5 Å². The van der Waals surface area contributed by atoms with Gasteiger partial charge in [-0.1, -0.05) is 68.0 Å². The SMILES string of the molecule is C\C=C/C=C(\C=C\CCC)C1=C2N=C(N(C)C)N=C2Cc2ccccc2C1=O. The summed E-state index contributed by atoms with van der Waals surface area (Å²) < 4.78 is 0. The molecule has 2 aliphatic rings. The molecule has 1 aromatic carbocycles. The number of carbonyl (C=O) groups is 1. The van der Waals surface area contributed by atoms with Crippen molar-refractivity contribution in [1.82, 2.24) is 4.90 Å². The zero-order valence-corrected chi connectivity index (χ0v) is 17.1. The first-order valence-electron chi connectivity index (χ1n) is 9.77. The standard InChI is InChI=1S/C24H27N3O/c1-5-7-9-13-17(12-8-6-2)21-22-20(25-24(26-22)27(3)4)16-18-14-10-11-15-19(18)23(21)28/h6,8-15H,5,7,16H2,1-4H3/b8-6-,13-9+,17-12+. The van der Waals surface area contributed by atoms with Crippen LogP contribution in [-0.4, -0.2) is 36.4 Å². The first-order valence-corrected chi connectivity index (χ1v) is 9.77. The summed E-state index contributed by atoms with van der Waals surface area (Å²) in [6.45, 7) is 4.11. The number of guanidine groups is 1. The highest BCUT2D eigenvalue weighted by Crippen LogP contribution is 2.32. The fourth-order valence-corrected chi connectivity index (χ4v) is 3.27. The van der Waals surface area contributed by atoms with Crippen LogP contribution < -0.4 is 0 Å². The van der Waals surface area contributed by atoms with Crippen LogP contribution in [0.15, 0.2) is 81.5 Å². The number of hydrogen-bond acceptors (Lipinski definition) is 4. The molecule has 0 amide bonds.